The van der Waals surface area contributed by atoms with Crippen LogP contribution in [0.4, 0.5) is 0 Å². The van der Waals surface area contributed by atoms with Crippen molar-refractivity contribution < 1.29 is 14.9 Å². The van der Waals surface area contributed by atoms with Gasteiger partial charge in [-0.3, -0.25) is 0 Å². The van der Waals surface area contributed by atoms with Crippen molar-refractivity contribution in [3.63, 3.8) is 0 Å². The van der Waals surface area contributed by atoms with Gasteiger partial charge in [0.1, 0.15) is 18.5 Å². The molecule has 130 valence electrons. The highest BCUT2D eigenvalue weighted by molar-refractivity contribution is 5.31. The molecule has 1 aliphatic carbocycles. The zero-order valence-electron chi connectivity index (χ0n) is 14.6. The van der Waals surface area contributed by atoms with Crippen molar-refractivity contribution in [1.82, 2.24) is 5.32 Å². The molecule has 1 saturated carbocycles. The predicted octanol–water partition coefficient (Wildman–Crippen LogP) is 2.62. The summed E-state index contributed by atoms with van der Waals surface area (Å²) in [5, 5.41) is 23.2. The largest absolute Gasteiger partial charge is 0.491 e. The molecule has 0 aromatic heterocycles. The van der Waals surface area contributed by atoms with Crippen LogP contribution < -0.4 is 10.1 Å². The minimum atomic E-state index is -0.577. The summed E-state index contributed by atoms with van der Waals surface area (Å²) in [5.41, 5.74) is 1.39. The molecule has 0 heterocycles. The van der Waals surface area contributed by atoms with Gasteiger partial charge in [-0.1, -0.05) is 45.7 Å². The molecular weight excluding hydrogens is 290 g/mol. The Morgan fingerprint density at radius 3 is 2.43 bits per heavy atom. The third-order valence-corrected chi connectivity index (χ3v) is 4.51. The fraction of sp³-hybridized carbons (Fsp3) is 0.684. The Morgan fingerprint density at radius 1 is 1.17 bits per heavy atom. The number of ether oxygens (including phenoxy) is 1. The molecular formula is C19H31NO3. The lowest BCUT2D eigenvalue weighted by atomic mass is 9.87. The zero-order chi connectivity index (χ0) is 16.9. The molecule has 1 fully saturated rings. The summed E-state index contributed by atoms with van der Waals surface area (Å²) in [6.45, 7) is 7.24. The summed E-state index contributed by atoms with van der Waals surface area (Å²) < 4.78 is 5.65. The van der Waals surface area contributed by atoms with Crippen LogP contribution >= 0.6 is 0 Å². The van der Waals surface area contributed by atoms with Gasteiger partial charge in [0.2, 0.25) is 0 Å². The molecule has 0 spiro atoms. The van der Waals surface area contributed by atoms with Crippen LogP contribution in [0.2, 0.25) is 0 Å². The average molecular weight is 321 g/mol. The molecule has 4 heteroatoms. The monoisotopic (exact) mass is 321 g/mol. The Balaban J connectivity index is 1.72. The van der Waals surface area contributed by atoms with Gasteiger partial charge in [0.25, 0.3) is 0 Å². The van der Waals surface area contributed by atoms with Crippen LogP contribution in [0, 0.1) is 0 Å². The Hall–Kier alpha value is -1.10. The summed E-state index contributed by atoms with van der Waals surface area (Å²) in [6, 6.07) is 8.14. The molecule has 0 saturated heterocycles. The van der Waals surface area contributed by atoms with Gasteiger partial charge >= 0.3 is 0 Å². The van der Waals surface area contributed by atoms with Crippen LogP contribution in [0.5, 0.6) is 5.75 Å². The third-order valence-electron chi connectivity index (χ3n) is 4.51. The molecule has 1 unspecified atom stereocenters. The van der Waals surface area contributed by atoms with Crippen molar-refractivity contribution in [3.05, 3.63) is 29.8 Å². The van der Waals surface area contributed by atoms with Crippen LogP contribution in [0.1, 0.15) is 52.0 Å². The highest BCUT2D eigenvalue weighted by atomic mass is 16.5. The van der Waals surface area contributed by atoms with Gasteiger partial charge in [-0.15, -0.1) is 0 Å². The average Bonchev–Trinajstić information content (AvgIpc) is 2.51. The van der Waals surface area contributed by atoms with Gasteiger partial charge in [0, 0.05) is 12.6 Å². The molecule has 23 heavy (non-hydrogen) atoms. The first-order valence-electron chi connectivity index (χ1n) is 8.69. The van der Waals surface area contributed by atoms with Crippen molar-refractivity contribution in [2.24, 2.45) is 0 Å². The Labute approximate surface area is 139 Å². The van der Waals surface area contributed by atoms with Gasteiger partial charge in [-0.25, -0.2) is 0 Å². The van der Waals surface area contributed by atoms with Gasteiger partial charge in [0.05, 0.1) is 6.10 Å². The first-order valence-corrected chi connectivity index (χ1v) is 8.69. The Bertz CT molecular complexity index is 466. The topological polar surface area (TPSA) is 61.7 Å². The number of hydrogen-bond acceptors (Lipinski definition) is 4. The quantitative estimate of drug-likeness (QED) is 0.754. The van der Waals surface area contributed by atoms with E-state index in [9.17, 15) is 10.2 Å². The molecule has 1 aromatic carbocycles. The first-order chi connectivity index (χ1) is 10.9. The standard InChI is InChI=1S/C19H31NO3/c1-19(2,3)14-8-10-16(11-9-14)23-13-15(21)12-20-17-6-4-5-7-18(17)22/h8-11,15,17-18,20-22H,4-7,12-13H2,1-3H3/t15?,17-,18-/m1/s1. The number of aliphatic hydroxyl groups is 2. The normalized spacial score (nSPS) is 23.5. The summed E-state index contributed by atoms with van der Waals surface area (Å²) >= 11 is 0. The van der Waals surface area contributed by atoms with Crippen LogP contribution in [-0.4, -0.2) is 41.6 Å². The van der Waals surface area contributed by atoms with E-state index in [1.165, 1.54) is 5.56 Å². The zero-order valence-corrected chi connectivity index (χ0v) is 14.6. The van der Waals surface area contributed by atoms with Crippen molar-refractivity contribution in [2.45, 2.75) is 70.1 Å². The molecule has 3 atom stereocenters. The first kappa shape index (κ1) is 18.2. The number of benzene rings is 1. The summed E-state index contributed by atoms with van der Waals surface area (Å²) in [4.78, 5) is 0. The maximum absolute atomic E-state index is 10.0. The highest BCUT2D eigenvalue weighted by Crippen LogP contribution is 2.24. The van der Waals surface area contributed by atoms with E-state index >= 15 is 0 Å². The maximum atomic E-state index is 10.0. The second kappa shape index (κ2) is 8.13. The lowest BCUT2D eigenvalue weighted by Crippen LogP contribution is -2.45. The predicted molar refractivity (Wildman–Crippen MR) is 92.9 cm³/mol. The second-order valence-electron chi connectivity index (χ2n) is 7.61. The van der Waals surface area contributed by atoms with Gasteiger partial charge < -0.3 is 20.3 Å². The van der Waals surface area contributed by atoms with Crippen molar-refractivity contribution >= 4 is 0 Å². The highest BCUT2D eigenvalue weighted by Gasteiger charge is 2.23. The Kier molecular flexibility index (Phi) is 6.45. The SMILES string of the molecule is CC(C)(C)c1ccc(OCC(O)CN[C@@H]2CCCC[C@H]2O)cc1. The van der Waals surface area contributed by atoms with E-state index in [0.29, 0.717) is 6.54 Å². The Morgan fingerprint density at radius 2 is 1.83 bits per heavy atom. The molecule has 3 N–H and O–H groups in total. The third kappa shape index (κ3) is 5.79. The van der Waals surface area contributed by atoms with E-state index in [1.54, 1.807) is 0 Å². The summed E-state index contributed by atoms with van der Waals surface area (Å²) in [5.74, 6) is 0.773. The van der Waals surface area contributed by atoms with Crippen molar-refractivity contribution in [2.75, 3.05) is 13.2 Å². The smallest absolute Gasteiger partial charge is 0.119 e. The molecule has 0 aliphatic heterocycles. The van der Waals surface area contributed by atoms with Gasteiger partial charge in [0.15, 0.2) is 0 Å². The van der Waals surface area contributed by atoms with E-state index in [2.05, 4.69) is 38.2 Å². The number of hydrogen-bond donors (Lipinski definition) is 3. The number of rotatable bonds is 6. The fourth-order valence-electron chi connectivity index (χ4n) is 2.94. The summed E-state index contributed by atoms with van der Waals surface area (Å²) in [6.07, 6.45) is 3.19. The van der Waals surface area contributed by atoms with Gasteiger partial charge in [-0.05, 0) is 36.0 Å². The van der Waals surface area contributed by atoms with E-state index < -0.39 is 6.10 Å². The van der Waals surface area contributed by atoms with E-state index in [0.717, 1.165) is 31.4 Å². The fourth-order valence-corrected chi connectivity index (χ4v) is 2.94. The molecule has 4 nitrogen and oxygen atoms in total. The van der Waals surface area contributed by atoms with E-state index in [1.807, 2.05) is 12.1 Å². The lowest BCUT2D eigenvalue weighted by molar-refractivity contribution is 0.0673. The molecule has 0 amide bonds. The van der Waals surface area contributed by atoms with E-state index in [-0.39, 0.29) is 24.2 Å². The summed E-state index contributed by atoms with van der Waals surface area (Å²) in [7, 11) is 0. The molecule has 0 radical (unpaired) electrons. The minimum Gasteiger partial charge on any atom is -0.491 e. The molecule has 1 aromatic rings. The van der Waals surface area contributed by atoms with Crippen LogP contribution in [0.15, 0.2) is 24.3 Å². The second-order valence-corrected chi connectivity index (χ2v) is 7.61. The minimum absolute atomic E-state index is 0.101. The lowest BCUT2D eigenvalue weighted by Gasteiger charge is -2.29. The van der Waals surface area contributed by atoms with Crippen LogP contribution in [0.3, 0.4) is 0 Å². The van der Waals surface area contributed by atoms with Crippen molar-refractivity contribution in [3.8, 4) is 5.75 Å². The maximum Gasteiger partial charge on any atom is 0.119 e. The number of aliphatic hydroxyl groups excluding tert-OH is 2. The van der Waals surface area contributed by atoms with Crippen LogP contribution in [0.25, 0.3) is 0 Å². The number of nitrogens with one attached hydrogen (secondary N) is 1. The van der Waals surface area contributed by atoms with Crippen LogP contribution in [-0.2, 0) is 5.41 Å². The van der Waals surface area contributed by atoms with E-state index in [4.69, 9.17) is 4.74 Å². The molecule has 1 aliphatic rings. The molecule has 0 bridgehead atoms. The molecule has 2 rings (SSSR count). The van der Waals surface area contributed by atoms with Gasteiger partial charge in [-0.2, -0.15) is 0 Å². The van der Waals surface area contributed by atoms with Crippen molar-refractivity contribution in [1.29, 1.82) is 0 Å².